The van der Waals surface area contributed by atoms with Crippen molar-refractivity contribution in [3.8, 4) is 5.69 Å². The smallest absolute Gasteiger partial charge is 0.186 e. The third-order valence-electron chi connectivity index (χ3n) is 2.45. The van der Waals surface area contributed by atoms with Gasteiger partial charge in [-0.05, 0) is 19.1 Å². The summed E-state index contributed by atoms with van der Waals surface area (Å²) in [4.78, 5) is 3.98. The van der Waals surface area contributed by atoms with Gasteiger partial charge >= 0.3 is 0 Å². The average Bonchev–Trinajstić information content (AvgIpc) is 2.69. The molecule has 1 heterocycles. The normalized spacial score (nSPS) is 9.61. The number of aromatic nitrogens is 2. The summed E-state index contributed by atoms with van der Waals surface area (Å²) in [6.07, 6.45) is 1.94. The molecule has 1 aromatic carbocycles. The number of nitrogens with zero attached hydrogens (tertiary/aromatic N) is 3. The SMILES string of the molecule is Cc1nn(-c2ccccc2)cc1CN=C(N)N.I. The molecule has 4 N–H and O–H groups in total. The van der Waals surface area contributed by atoms with Crippen molar-refractivity contribution >= 4 is 29.9 Å². The van der Waals surface area contributed by atoms with E-state index in [4.69, 9.17) is 11.5 Å². The number of hydrogen-bond acceptors (Lipinski definition) is 2. The minimum absolute atomic E-state index is 0. The predicted octanol–water partition coefficient (Wildman–Crippen LogP) is 1.57. The van der Waals surface area contributed by atoms with Crippen LogP contribution in [0.1, 0.15) is 11.3 Å². The molecule has 0 aliphatic carbocycles. The van der Waals surface area contributed by atoms with Crippen molar-refractivity contribution in [3.63, 3.8) is 0 Å². The van der Waals surface area contributed by atoms with Gasteiger partial charge in [-0.1, -0.05) is 18.2 Å². The number of nitrogens with two attached hydrogens (primary N) is 2. The highest BCUT2D eigenvalue weighted by Crippen LogP contribution is 2.12. The van der Waals surface area contributed by atoms with E-state index in [2.05, 4.69) is 10.1 Å². The quantitative estimate of drug-likeness (QED) is 0.497. The molecule has 0 amide bonds. The van der Waals surface area contributed by atoms with Crippen LogP contribution in [-0.4, -0.2) is 15.7 Å². The van der Waals surface area contributed by atoms with Gasteiger partial charge in [0.25, 0.3) is 0 Å². The van der Waals surface area contributed by atoms with Gasteiger partial charge in [0.2, 0.25) is 0 Å². The van der Waals surface area contributed by atoms with Crippen LogP contribution in [0.5, 0.6) is 0 Å². The van der Waals surface area contributed by atoms with Crippen LogP contribution >= 0.6 is 24.0 Å². The van der Waals surface area contributed by atoms with Crippen molar-refractivity contribution in [1.29, 1.82) is 0 Å². The van der Waals surface area contributed by atoms with Crippen molar-refractivity contribution in [2.75, 3.05) is 0 Å². The lowest BCUT2D eigenvalue weighted by Crippen LogP contribution is -2.22. The molecule has 18 heavy (non-hydrogen) atoms. The molecule has 0 saturated carbocycles. The first-order valence-electron chi connectivity index (χ1n) is 5.33. The van der Waals surface area contributed by atoms with E-state index in [0.717, 1.165) is 16.9 Å². The zero-order valence-corrected chi connectivity index (χ0v) is 12.4. The van der Waals surface area contributed by atoms with Gasteiger partial charge in [0.15, 0.2) is 5.96 Å². The van der Waals surface area contributed by atoms with Crippen LogP contribution in [-0.2, 0) is 6.54 Å². The third-order valence-corrected chi connectivity index (χ3v) is 2.45. The number of aryl methyl sites for hydroxylation is 1. The Labute approximate surface area is 123 Å². The Bertz CT molecular complexity index is 529. The Morgan fingerprint density at radius 3 is 2.56 bits per heavy atom. The lowest BCUT2D eigenvalue weighted by atomic mass is 10.3. The van der Waals surface area contributed by atoms with E-state index in [9.17, 15) is 0 Å². The highest BCUT2D eigenvalue weighted by atomic mass is 127. The first kappa shape index (κ1) is 14.5. The molecule has 0 saturated heterocycles. The van der Waals surface area contributed by atoms with Gasteiger partial charge in [0.05, 0.1) is 17.9 Å². The molecule has 2 aromatic rings. The van der Waals surface area contributed by atoms with Crippen LogP contribution < -0.4 is 11.5 Å². The summed E-state index contributed by atoms with van der Waals surface area (Å²) in [6.45, 7) is 2.40. The number of rotatable bonds is 3. The fraction of sp³-hybridized carbons (Fsp3) is 0.167. The number of para-hydroxylation sites is 1. The van der Waals surface area contributed by atoms with Crippen LogP contribution in [0.2, 0.25) is 0 Å². The second-order valence-corrected chi connectivity index (χ2v) is 3.76. The van der Waals surface area contributed by atoms with Crippen LogP contribution in [0.25, 0.3) is 5.69 Å². The summed E-state index contributed by atoms with van der Waals surface area (Å²) in [6, 6.07) is 9.91. The van der Waals surface area contributed by atoms with Crippen molar-refractivity contribution in [2.45, 2.75) is 13.5 Å². The molecule has 0 radical (unpaired) electrons. The highest BCUT2D eigenvalue weighted by Gasteiger charge is 2.05. The largest absolute Gasteiger partial charge is 0.370 e. The molecule has 0 aliphatic rings. The molecule has 0 bridgehead atoms. The van der Waals surface area contributed by atoms with Gasteiger partial charge in [0.1, 0.15) is 0 Å². The molecule has 0 unspecified atom stereocenters. The maximum absolute atomic E-state index is 5.31. The summed E-state index contributed by atoms with van der Waals surface area (Å²) in [7, 11) is 0. The van der Waals surface area contributed by atoms with Gasteiger partial charge in [-0.2, -0.15) is 5.10 Å². The van der Waals surface area contributed by atoms with E-state index in [-0.39, 0.29) is 29.9 Å². The standard InChI is InChI=1S/C12H15N5.HI/c1-9-10(7-15-12(13)14)8-17(16-9)11-5-3-2-4-6-11;/h2-6,8H,7H2,1H3,(H4,13,14,15);1H. The van der Waals surface area contributed by atoms with Crippen LogP contribution in [0, 0.1) is 6.92 Å². The Kier molecular flexibility index (Phi) is 5.14. The first-order chi connectivity index (χ1) is 8.16. The molecule has 6 heteroatoms. The second-order valence-electron chi connectivity index (χ2n) is 3.76. The molecular formula is C12H16IN5. The van der Waals surface area contributed by atoms with Crippen LogP contribution in [0.15, 0.2) is 41.5 Å². The fourth-order valence-electron chi connectivity index (χ4n) is 1.54. The summed E-state index contributed by atoms with van der Waals surface area (Å²) >= 11 is 0. The monoisotopic (exact) mass is 357 g/mol. The van der Waals surface area contributed by atoms with E-state index in [1.165, 1.54) is 0 Å². The number of guanidine groups is 1. The van der Waals surface area contributed by atoms with Crippen molar-refractivity contribution < 1.29 is 0 Å². The zero-order chi connectivity index (χ0) is 12.3. The van der Waals surface area contributed by atoms with Crippen molar-refractivity contribution in [1.82, 2.24) is 9.78 Å². The number of hydrogen-bond donors (Lipinski definition) is 2. The Balaban J connectivity index is 0.00000162. The molecule has 96 valence electrons. The summed E-state index contributed by atoms with van der Waals surface area (Å²) in [5, 5.41) is 4.42. The van der Waals surface area contributed by atoms with Crippen molar-refractivity contribution in [2.24, 2.45) is 16.5 Å². The molecular weight excluding hydrogens is 341 g/mol. The van der Waals surface area contributed by atoms with Crippen molar-refractivity contribution in [3.05, 3.63) is 47.8 Å². The summed E-state index contributed by atoms with van der Waals surface area (Å²) < 4.78 is 1.83. The lowest BCUT2D eigenvalue weighted by Gasteiger charge is -1.98. The fourth-order valence-corrected chi connectivity index (χ4v) is 1.54. The molecule has 0 fully saturated rings. The Morgan fingerprint density at radius 1 is 1.28 bits per heavy atom. The predicted molar refractivity (Wildman–Crippen MR) is 83.2 cm³/mol. The topological polar surface area (TPSA) is 82.2 Å². The first-order valence-corrected chi connectivity index (χ1v) is 5.33. The van der Waals surface area contributed by atoms with Gasteiger partial charge in [-0.25, -0.2) is 9.67 Å². The molecule has 5 nitrogen and oxygen atoms in total. The summed E-state index contributed by atoms with van der Waals surface area (Å²) in [5.74, 6) is 0.0943. The van der Waals surface area contributed by atoms with E-state index < -0.39 is 0 Å². The van der Waals surface area contributed by atoms with Gasteiger partial charge in [-0.3, -0.25) is 0 Å². The number of benzene rings is 1. The maximum atomic E-state index is 5.31. The van der Waals surface area contributed by atoms with E-state index in [1.54, 1.807) is 0 Å². The zero-order valence-electron chi connectivity index (χ0n) is 10.1. The lowest BCUT2D eigenvalue weighted by molar-refractivity contribution is 0.863. The molecule has 0 aliphatic heterocycles. The highest BCUT2D eigenvalue weighted by molar-refractivity contribution is 14.0. The average molecular weight is 357 g/mol. The third kappa shape index (κ3) is 3.46. The van der Waals surface area contributed by atoms with Crippen LogP contribution in [0.3, 0.4) is 0 Å². The minimum atomic E-state index is 0. The number of aliphatic imine (C=N–C) groups is 1. The number of halogens is 1. The van der Waals surface area contributed by atoms with E-state index in [0.29, 0.717) is 6.54 Å². The Hall–Kier alpha value is -1.57. The van der Waals surface area contributed by atoms with E-state index >= 15 is 0 Å². The van der Waals surface area contributed by atoms with E-state index in [1.807, 2.05) is 48.1 Å². The maximum Gasteiger partial charge on any atom is 0.186 e. The minimum Gasteiger partial charge on any atom is -0.370 e. The summed E-state index contributed by atoms with van der Waals surface area (Å²) in [5.41, 5.74) is 13.6. The molecule has 1 aromatic heterocycles. The molecule has 0 atom stereocenters. The molecule has 0 spiro atoms. The van der Waals surface area contributed by atoms with Gasteiger partial charge < -0.3 is 11.5 Å². The second kappa shape index (κ2) is 6.39. The van der Waals surface area contributed by atoms with Gasteiger partial charge in [-0.15, -0.1) is 24.0 Å². The molecule has 2 rings (SSSR count). The Morgan fingerprint density at radius 2 is 1.94 bits per heavy atom. The van der Waals surface area contributed by atoms with Crippen LogP contribution in [0.4, 0.5) is 0 Å². The van der Waals surface area contributed by atoms with Gasteiger partial charge in [0, 0.05) is 11.8 Å².